The molecule has 0 radical (unpaired) electrons. The minimum atomic E-state index is 0.135. The lowest BCUT2D eigenvalue weighted by atomic mass is 10.1. The lowest BCUT2D eigenvalue weighted by Crippen LogP contribution is -2.34. The minimum Gasteiger partial charge on any atom is -0.331 e. The average Bonchev–Trinajstić information content (AvgIpc) is 2.72. The number of thioether (sulfide) groups is 1. The van der Waals surface area contributed by atoms with Gasteiger partial charge in [0, 0.05) is 42.2 Å². The first kappa shape index (κ1) is 14.4. The third-order valence-electron chi connectivity index (χ3n) is 3.06. The molecule has 2 rings (SSSR count). The van der Waals surface area contributed by atoms with E-state index in [1.165, 1.54) is 10.9 Å². The molecule has 2 heterocycles. The van der Waals surface area contributed by atoms with Crippen LogP contribution in [0.1, 0.15) is 26.3 Å². The first-order chi connectivity index (χ1) is 9.01. The van der Waals surface area contributed by atoms with Gasteiger partial charge in [0.1, 0.15) is 5.65 Å². The zero-order valence-corrected chi connectivity index (χ0v) is 13.0. The number of hydrogen-bond donors (Lipinski definition) is 1. The normalized spacial score (nSPS) is 12.2. The van der Waals surface area contributed by atoms with Crippen molar-refractivity contribution in [1.29, 1.82) is 0 Å². The van der Waals surface area contributed by atoms with Gasteiger partial charge < -0.3 is 9.88 Å². The number of aromatic nitrogens is 2. The van der Waals surface area contributed by atoms with E-state index in [4.69, 9.17) is 0 Å². The first-order valence-electron chi connectivity index (χ1n) is 6.68. The largest absolute Gasteiger partial charge is 0.331 e. The second-order valence-electron chi connectivity index (χ2n) is 5.82. The third kappa shape index (κ3) is 3.74. The van der Waals surface area contributed by atoms with Gasteiger partial charge in [-0.2, -0.15) is 11.8 Å². The van der Waals surface area contributed by atoms with Gasteiger partial charge in [0.25, 0.3) is 0 Å². The molecule has 0 spiro atoms. The Kier molecular flexibility index (Phi) is 4.53. The van der Waals surface area contributed by atoms with Crippen molar-refractivity contribution in [2.45, 2.75) is 39.4 Å². The molecule has 4 heteroatoms. The van der Waals surface area contributed by atoms with E-state index < -0.39 is 0 Å². The lowest BCUT2D eigenvalue weighted by molar-refractivity contribution is 0.425. The molecule has 0 fully saturated rings. The number of nitrogens with zero attached hydrogens (tertiary/aromatic N) is 2. The highest BCUT2D eigenvalue weighted by atomic mass is 32.2. The van der Waals surface area contributed by atoms with Crippen LogP contribution in [-0.2, 0) is 13.1 Å². The Morgan fingerprint density at radius 1 is 1.37 bits per heavy atom. The van der Waals surface area contributed by atoms with Gasteiger partial charge in [0.15, 0.2) is 0 Å². The summed E-state index contributed by atoms with van der Waals surface area (Å²) in [6.07, 6.45) is 6.26. The zero-order chi connectivity index (χ0) is 13.9. The Morgan fingerprint density at radius 2 is 2.16 bits per heavy atom. The molecule has 0 aliphatic carbocycles. The number of hydrogen-bond acceptors (Lipinski definition) is 3. The lowest BCUT2D eigenvalue weighted by Gasteiger charge is -2.20. The molecular formula is C15H23N3S. The summed E-state index contributed by atoms with van der Waals surface area (Å²) < 4.78 is 2.27. The standard InChI is InChI=1S/C15H23N3S/c1-15(2,3)17-10-12-11-18(8-9-19-4)14-13(12)6-5-7-16-14/h5-7,11,17H,8-10H2,1-4H3. The fourth-order valence-electron chi connectivity index (χ4n) is 2.06. The Labute approximate surface area is 119 Å². The number of nitrogens with one attached hydrogen (secondary N) is 1. The summed E-state index contributed by atoms with van der Waals surface area (Å²) in [5.41, 5.74) is 2.57. The van der Waals surface area contributed by atoms with E-state index in [0.717, 1.165) is 24.5 Å². The molecule has 0 aliphatic heterocycles. The molecule has 2 aromatic heterocycles. The quantitative estimate of drug-likeness (QED) is 0.909. The summed E-state index contributed by atoms with van der Waals surface area (Å²) >= 11 is 1.87. The topological polar surface area (TPSA) is 29.9 Å². The Balaban J connectivity index is 2.28. The summed E-state index contributed by atoms with van der Waals surface area (Å²) in [5.74, 6) is 1.12. The second kappa shape index (κ2) is 5.97. The molecule has 3 nitrogen and oxygen atoms in total. The molecule has 0 aromatic carbocycles. The zero-order valence-electron chi connectivity index (χ0n) is 12.2. The summed E-state index contributed by atoms with van der Waals surface area (Å²) in [4.78, 5) is 4.53. The maximum Gasteiger partial charge on any atom is 0.140 e. The smallest absolute Gasteiger partial charge is 0.140 e. The van der Waals surface area contributed by atoms with Crippen LogP contribution in [0.2, 0.25) is 0 Å². The van der Waals surface area contributed by atoms with Gasteiger partial charge in [0.05, 0.1) is 0 Å². The highest BCUT2D eigenvalue weighted by Gasteiger charge is 2.13. The second-order valence-corrected chi connectivity index (χ2v) is 6.80. The molecule has 1 N–H and O–H groups in total. The van der Waals surface area contributed by atoms with Crippen LogP contribution in [0.4, 0.5) is 0 Å². The first-order valence-corrected chi connectivity index (χ1v) is 8.07. The molecule has 0 saturated heterocycles. The van der Waals surface area contributed by atoms with Crippen LogP contribution in [0.15, 0.2) is 24.5 Å². The Morgan fingerprint density at radius 3 is 2.84 bits per heavy atom. The molecule has 0 bridgehead atoms. The molecule has 0 saturated carbocycles. The summed E-state index contributed by atoms with van der Waals surface area (Å²) in [7, 11) is 0. The molecule has 0 aliphatic rings. The van der Waals surface area contributed by atoms with Gasteiger partial charge in [-0.3, -0.25) is 0 Å². The Hall–Kier alpha value is -1.00. The van der Waals surface area contributed by atoms with Crippen molar-refractivity contribution in [2.24, 2.45) is 0 Å². The van der Waals surface area contributed by atoms with Crippen molar-refractivity contribution in [3.63, 3.8) is 0 Å². The molecule has 0 amide bonds. The van der Waals surface area contributed by atoms with E-state index in [2.05, 4.69) is 54.2 Å². The number of pyridine rings is 1. The fraction of sp³-hybridized carbons (Fsp3) is 0.533. The van der Waals surface area contributed by atoms with Gasteiger partial charge in [0.2, 0.25) is 0 Å². The number of aryl methyl sites for hydroxylation is 1. The van der Waals surface area contributed by atoms with Crippen LogP contribution >= 0.6 is 11.8 Å². The van der Waals surface area contributed by atoms with E-state index >= 15 is 0 Å². The van der Waals surface area contributed by atoms with Gasteiger partial charge in [-0.05, 0) is 44.7 Å². The van der Waals surface area contributed by atoms with Crippen LogP contribution in [0, 0.1) is 0 Å². The van der Waals surface area contributed by atoms with Gasteiger partial charge >= 0.3 is 0 Å². The molecule has 2 aromatic rings. The highest BCUT2D eigenvalue weighted by molar-refractivity contribution is 7.98. The van der Waals surface area contributed by atoms with E-state index in [1.807, 2.05) is 24.0 Å². The van der Waals surface area contributed by atoms with E-state index in [0.29, 0.717) is 0 Å². The van der Waals surface area contributed by atoms with Crippen LogP contribution in [0.25, 0.3) is 11.0 Å². The molecule has 0 atom stereocenters. The number of rotatable bonds is 5. The van der Waals surface area contributed by atoms with Gasteiger partial charge in [-0.1, -0.05) is 0 Å². The third-order valence-corrected chi connectivity index (χ3v) is 3.65. The maximum atomic E-state index is 4.53. The summed E-state index contributed by atoms with van der Waals surface area (Å²) in [5, 5.41) is 4.82. The molecule has 19 heavy (non-hydrogen) atoms. The molecular weight excluding hydrogens is 254 g/mol. The molecule has 0 unspecified atom stereocenters. The predicted molar refractivity (Wildman–Crippen MR) is 84.7 cm³/mol. The predicted octanol–water partition coefficient (Wildman–Crippen LogP) is 3.29. The van der Waals surface area contributed by atoms with Gasteiger partial charge in [-0.25, -0.2) is 4.98 Å². The van der Waals surface area contributed by atoms with Crippen molar-refractivity contribution >= 4 is 22.8 Å². The molecule has 104 valence electrons. The van der Waals surface area contributed by atoms with Crippen LogP contribution in [0.3, 0.4) is 0 Å². The van der Waals surface area contributed by atoms with Gasteiger partial charge in [-0.15, -0.1) is 0 Å². The van der Waals surface area contributed by atoms with Crippen molar-refractivity contribution < 1.29 is 0 Å². The Bertz CT molecular complexity index is 540. The highest BCUT2D eigenvalue weighted by Crippen LogP contribution is 2.20. The summed E-state index contributed by atoms with van der Waals surface area (Å²) in [6, 6.07) is 4.18. The monoisotopic (exact) mass is 277 g/mol. The van der Waals surface area contributed by atoms with Crippen molar-refractivity contribution in [3.05, 3.63) is 30.1 Å². The van der Waals surface area contributed by atoms with Crippen molar-refractivity contribution in [3.8, 4) is 0 Å². The van der Waals surface area contributed by atoms with E-state index in [9.17, 15) is 0 Å². The fourth-order valence-corrected chi connectivity index (χ4v) is 2.44. The van der Waals surface area contributed by atoms with Crippen LogP contribution in [0.5, 0.6) is 0 Å². The van der Waals surface area contributed by atoms with Crippen LogP contribution in [-0.4, -0.2) is 27.1 Å². The van der Waals surface area contributed by atoms with Crippen molar-refractivity contribution in [2.75, 3.05) is 12.0 Å². The minimum absolute atomic E-state index is 0.135. The van der Waals surface area contributed by atoms with E-state index in [-0.39, 0.29) is 5.54 Å². The van der Waals surface area contributed by atoms with E-state index in [1.54, 1.807) is 0 Å². The van der Waals surface area contributed by atoms with Crippen LogP contribution < -0.4 is 5.32 Å². The average molecular weight is 277 g/mol. The SMILES string of the molecule is CSCCn1cc(CNC(C)(C)C)c2cccnc21. The maximum absolute atomic E-state index is 4.53. The summed E-state index contributed by atoms with van der Waals surface area (Å²) in [6.45, 7) is 8.48. The number of fused-ring (bicyclic) bond motifs is 1. The van der Waals surface area contributed by atoms with Crippen molar-refractivity contribution in [1.82, 2.24) is 14.9 Å².